The molecule has 0 saturated heterocycles. The summed E-state index contributed by atoms with van der Waals surface area (Å²) >= 11 is 0. The Morgan fingerprint density at radius 3 is 2.44 bits per heavy atom. The van der Waals surface area contributed by atoms with Crippen LogP contribution in [0.1, 0.15) is 47.6 Å². The number of aryl methyl sites for hydroxylation is 1. The lowest BCUT2D eigenvalue weighted by molar-refractivity contribution is -0.140. The number of hydrogen-bond donors (Lipinski definition) is 2. The Kier molecular flexibility index (Phi) is 8.18. The summed E-state index contributed by atoms with van der Waals surface area (Å²) in [7, 11) is 3.98. The molecule has 0 spiro atoms. The van der Waals surface area contributed by atoms with Crippen molar-refractivity contribution in [1.29, 1.82) is 0 Å². The number of phenolic OH excluding ortho intramolecular Hbond substituents is 1. The van der Waals surface area contributed by atoms with Gasteiger partial charge in [-0.1, -0.05) is 13.0 Å². The fourth-order valence-electron chi connectivity index (χ4n) is 4.12. The van der Waals surface area contributed by atoms with E-state index in [0.29, 0.717) is 30.6 Å². The lowest BCUT2D eigenvalue weighted by Crippen LogP contribution is -2.50. The fourth-order valence-corrected chi connectivity index (χ4v) is 4.12. The fraction of sp³-hybridized carbons (Fsp3) is 0.440. The smallest absolute Gasteiger partial charge is 0.247 e. The molecular formula is C25H34ClN3O3. The standard InChI is InChI=1S/C25H33N3O3.ClH/c1-7-8-23(29)28-14-19-12-20(27(5)6)10-9-18(19)13-22(28)25(31)26-21-11-15(2)24(30)17(4)16(21)3;/h9-12,22,30H,7-8,13-14H2,1-6H3,(H,26,31);1H/t22-;/m0./s1. The molecule has 0 fully saturated rings. The highest BCUT2D eigenvalue weighted by molar-refractivity contribution is 5.98. The van der Waals surface area contributed by atoms with E-state index >= 15 is 0 Å². The molecule has 32 heavy (non-hydrogen) atoms. The van der Waals surface area contributed by atoms with Crippen LogP contribution < -0.4 is 10.2 Å². The third-order valence-corrected chi connectivity index (χ3v) is 6.24. The number of nitrogens with zero attached hydrogens (tertiary/aromatic N) is 2. The number of halogens is 1. The maximum Gasteiger partial charge on any atom is 0.247 e. The molecule has 174 valence electrons. The summed E-state index contributed by atoms with van der Waals surface area (Å²) in [6, 6.07) is 7.44. The van der Waals surface area contributed by atoms with Gasteiger partial charge in [0, 0.05) is 44.9 Å². The van der Waals surface area contributed by atoms with Crippen LogP contribution in [0.25, 0.3) is 0 Å². The predicted molar refractivity (Wildman–Crippen MR) is 132 cm³/mol. The molecule has 7 heteroatoms. The monoisotopic (exact) mass is 459 g/mol. The van der Waals surface area contributed by atoms with Gasteiger partial charge in [-0.15, -0.1) is 12.4 Å². The molecular weight excluding hydrogens is 426 g/mol. The van der Waals surface area contributed by atoms with Gasteiger partial charge in [0.1, 0.15) is 11.8 Å². The van der Waals surface area contributed by atoms with Crippen LogP contribution in [0.15, 0.2) is 24.3 Å². The van der Waals surface area contributed by atoms with Gasteiger partial charge >= 0.3 is 0 Å². The zero-order chi connectivity index (χ0) is 22.9. The second-order valence-corrected chi connectivity index (χ2v) is 8.67. The van der Waals surface area contributed by atoms with E-state index in [4.69, 9.17) is 0 Å². The number of phenols is 1. The number of rotatable bonds is 5. The molecule has 0 radical (unpaired) electrons. The van der Waals surface area contributed by atoms with Crippen molar-refractivity contribution < 1.29 is 14.7 Å². The first kappa shape index (κ1) is 25.5. The maximum absolute atomic E-state index is 13.4. The quantitative estimate of drug-likeness (QED) is 0.646. The van der Waals surface area contributed by atoms with E-state index in [1.165, 1.54) is 0 Å². The summed E-state index contributed by atoms with van der Waals surface area (Å²) in [5.41, 5.74) is 6.23. The van der Waals surface area contributed by atoms with Crippen LogP contribution >= 0.6 is 12.4 Å². The third kappa shape index (κ3) is 5.01. The number of anilines is 2. The van der Waals surface area contributed by atoms with Gasteiger partial charge in [-0.2, -0.15) is 0 Å². The molecule has 0 aliphatic carbocycles. The normalized spacial score (nSPS) is 14.9. The molecule has 2 aromatic rings. The molecule has 2 amide bonds. The summed E-state index contributed by atoms with van der Waals surface area (Å²) < 4.78 is 0. The van der Waals surface area contributed by atoms with E-state index in [-0.39, 0.29) is 30.0 Å². The van der Waals surface area contributed by atoms with Crippen molar-refractivity contribution in [3.63, 3.8) is 0 Å². The molecule has 1 heterocycles. The van der Waals surface area contributed by atoms with Crippen LogP contribution in [0.3, 0.4) is 0 Å². The Hall–Kier alpha value is -2.73. The zero-order valence-electron chi connectivity index (χ0n) is 19.8. The van der Waals surface area contributed by atoms with Gasteiger partial charge < -0.3 is 20.2 Å². The summed E-state index contributed by atoms with van der Waals surface area (Å²) in [6.07, 6.45) is 1.64. The van der Waals surface area contributed by atoms with Crippen molar-refractivity contribution in [2.24, 2.45) is 0 Å². The molecule has 1 atom stereocenters. The minimum atomic E-state index is -0.564. The van der Waals surface area contributed by atoms with Gasteiger partial charge in [-0.3, -0.25) is 9.59 Å². The Bertz CT molecular complexity index is 1020. The topological polar surface area (TPSA) is 72.9 Å². The van der Waals surface area contributed by atoms with Crippen molar-refractivity contribution >= 4 is 35.6 Å². The third-order valence-electron chi connectivity index (χ3n) is 6.24. The van der Waals surface area contributed by atoms with Crippen LogP contribution in [0, 0.1) is 20.8 Å². The van der Waals surface area contributed by atoms with Gasteiger partial charge in [0.15, 0.2) is 0 Å². The average Bonchev–Trinajstić information content (AvgIpc) is 2.74. The zero-order valence-corrected chi connectivity index (χ0v) is 20.6. The van der Waals surface area contributed by atoms with Crippen LogP contribution in [0.4, 0.5) is 11.4 Å². The number of carbonyl (C=O) groups is 2. The average molecular weight is 460 g/mol. The second-order valence-electron chi connectivity index (χ2n) is 8.67. The van der Waals surface area contributed by atoms with E-state index in [1.54, 1.807) is 11.0 Å². The van der Waals surface area contributed by atoms with Gasteiger partial charge in [0.25, 0.3) is 0 Å². The minimum Gasteiger partial charge on any atom is -0.507 e. The Balaban J connectivity index is 0.00000363. The van der Waals surface area contributed by atoms with Crippen molar-refractivity contribution in [2.45, 2.75) is 59.5 Å². The van der Waals surface area contributed by atoms with Crippen molar-refractivity contribution in [3.8, 4) is 5.75 Å². The molecule has 1 aliphatic rings. The van der Waals surface area contributed by atoms with E-state index < -0.39 is 6.04 Å². The highest BCUT2D eigenvalue weighted by atomic mass is 35.5. The Morgan fingerprint density at radius 2 is 1.81 bits per heavy atom. The Morgan fingerprint density at radius 1 is 1.12 bits per heavy atom. The molecule has 1 aliphatic heterocycles. The molecule has 0 saturated carbocycles. The lowest BCUT2D eigenvalue weighted by Gasteiger charge is -2.36. The van der Waals surface area contributed by atoms with Crippen molar-refractivity contribution in [1.82, 2.24) is 4.90 Å². The van der Waals surface area contributed by atoms with Gasteiger partial charge in [0.2, 0.25) is 11.8 Å². The van der Waals surface area contributed by atoms with Gasteiger partial charge in [0.05, 0.1) is 0 Å². The van der Waals surface area contributed by atoms with Crippen LogP contribution in [0.2, 0.25) is 0 Å². The van der Waals surface area contributed by atoms with Crippen LogP contribution in [-0.4, -0.2) is 42.0 Å². The number of fused-ring (bicyclic) bond motifs is 1. The molecule has 6 nitrogen and oxygen atoms in total. The minimum absolute atomic E-state index is 0. The summed E-state index contributed by atoms with van der Waals surface area (Å²) in [5, 5.41) is 13.2. The van der Waals surface area contributed by atoms with E-state index in [0.717, 1.165) is 34.4 Å². The second kappa shape index (κ2) is 10.3. The molecule has 0 unspecified atom stereocenters. The number of amides is 2. The van der Waals surface area contributed by atoms with E-state index in [9.17, 15) is 14.7 Å². The van der Waals surface area contributed by atoms with Crippen LogP contribution in [-0.2, 0) is 22.6 Å². The maximum atomic E-state index is 13.4. The number of benzene rings is 2. The predicted octanol–water partition coefficient (Wildman–Crippen LogP) is 4.50. The first-order valence-electron chi connectivity index (χ1n) is 10.8. The summed E-state index contributed by atoms with van der Waals surface area (Å²) in [6.45, 7) is 7.93. The van der Waals surface area contributed by atoms with E-state index in [1.807, 2.05) is 52.8 Å². The number of hydrogen-bond acceptors (Lipinski definition) is 4. The van der Waals surface area contributed by atoms with Crippen molar-refractivity contribution in [3.05, 3.63) is 52.1 Å². The number of carbonyl (C=O) groups excluding carboxylic acids is 2. The van der Waals surface area contributed by atoms with Gasteiger partial charge in [-0.25, -0.2) is 0 Å². The summed E-state index contributed by atoms with van der Waals surface area (Å²) in [5.74, 6) is 0.0521. The van der Waals surface area contributed by atoms with Crippen molar-refractivity contribution in [2.75, 3.05) is 24.3 Å². The molecule has 0 aromatic heterocycles. The molecule has 2 aromatic carbocycles. The number of nitrogens with one attached hydrogen (secondary N) is 1. The Labute approximate surface area is 197 Å². The largest absolute Gasteiger partial charge is 0.507 e. The molecule has 2 N–H and O–H groups in total. The first-order valence-corrected chi connectivity index (χ1v) is 10.8. The SMILES string of the molecule is CCCC(=O)N1Cc2cc(N(C)C)ccc2C[C@H]1C(=O)Nc1cc(C)c(O)c(C)c1C.Cl. The van der Waals surface area contributed by atoms with Crippen LogP contribution in [0.5, 0.6) is 5.75 Å². The van der Waals surface area contributed by atoms with E-state index in [2.05, 4.69) is 17.4 Å². The molecule has 0 bridgehead atoms. The van der Waals surface area contributed by atoms with Gasteiger partial charge in [-0.05, 0) is 73.2 Å². The highest BCUT2D eigenvalue weighted by Crippen LogP contribution is 2.32. The number of aromatic hydroxyl groups is 1. The summed E-state index contributed by atoms with van der Waals surface area (Å²) in [4.78, 5) is 30.0. The highest BCUT2D eigenvalue weighted by Gasteiger charge is 2.34. The first-order chi connectivity index (χ1) is 14.6. The molecule has 3 rings (SSSR count). The lowest BCUT2D eigenvalue weighted by atomic mass is 9.92.